The lowest BCUT2D eigenvalue weighted by atomic mass is 10.1. The van der Waals surface area contributed by atoms with Gasteiger partial charge in [-0.2, -0.15) is 0 Å². The van der Waals surface area contributed by atoms with Gasteiger partial charge in [0.25, 0.3) is 0 Å². The van der Waals surface area contributed by atoms with Crippen LogP contribution in [0.25, 0.3) is 6.08 Å². The molecule has 1 aromatic rings. The first kappa shape index (κ1) is 14.0. The number of nitrogens with one attached hydrogen (secondary N) is 2. The number of carboxylic acid groups (broad SMARTS) is 1. The Hall–Kier alpha value is -2.47. The van der Waals surface area contributed by atoms with Crippen molar-refractivity contribution in [3.05, 3.63) is 47.0 Å². The first-order valence-electron chi connectivity index (χ1n) is 6.13. The molecule has 6 heteroatoms. The summed E-state index contributed by atoms with van der Waals surface area (Å²) < 4.78 is 5.54. The Morgan fingerprint density at radius 1 is 1.25 bits per heavy atom. The van der Waals surface area contributed by atoms with E-state index < -0.39 is 5.97 Å². The summed E-state index contributed by atoms with van der Waals surface area (Å²) in [5, 5.41) is 10.5. The van der Waals surface area contributed by atoms with E-state index >= 15 is 0 Å². The SMILES string of the molecule is CC(C)=Cc1ccc(OC2=C(C(=O)O)NN(C)N2)cc1. The highest BCUT2D eigenvalue weighted by Crippen LogP contribution is 2.18. The molecule has 0 aliphatic carbocycles. The molecule has 1 aromatic carbocycles. The fourth-order valence-electron chi connectivity index (χ4n) is 1.76. The minimum absolute atomic E-state index is 0.0270. The van der Waals surface area contributed by atoms with Crippen molar-refractivity contribution < 1.29 is 14.6 Å². The summed E-state index contributed by atoms with van der Waals surface area (Å²) in [4.78, 5) is 11.0. The number of hydrogen-bond donors (Lipinski definition) is 3. The Kier molecular flexibility index (Phi) is 3.95. The smallest absolute Gasteiger partial charge is 0.359 e. The Morgan fingerprint density at radius 3 is 2.45 bits per heavy atom. The lowest BCUT2D eigenvalue weighted by molar-refractivity contribution is -0.133. The summed E-state index contributed by atoms with van der Waals surface area (Å²) in [5.74, 6) is -0.359. The quantitative estimate of drug-likeness (QED) is 0.776. The fourth-order valence-corrected chi connectivity index (χ4v) is 1.76. The van der Waals surface area contributed by atoms with Crippen LogP contribution >= 0.6 is 0 Å². The molecule has 20 heavy (non-hydrogen) atoms. The van der Waals surface area contributed by atoms with E-state index in [1.54, 1.807) is 19.2 Å². The van der Waals surface area contributed by atoms with Crippen molar-refractivity contribution >= 4 is 12.0 Å². The largest absolute Gasteiger partial charge is 0.476 e. The molecule has 6 nitrogen and oxygen atoms in total. The minimum atomic E-state index is -1.09. The van der Waals surface area contributed by atoms with Crippen molar-refractivity contribution in [1.82, 2.24) is 16.0 Å². The molecule has 0 spiro atoms. The second-order valence-corrected chi connectivity index (χ2v) is 4.68. The Morgan fingerprint density at radius 2 is 1.90 bits per heavy atom. The van der Waals surface area contributed by atoms with Gasteiger partial charge in [-0.1, -0.05) is 23.8 Å². The van der Waals surface area contributed by atoms with Gasteiger partial charge in [-0.15, -0.1) is 5.12 Å². The van der Waals surface area contributed by atoms with E-state index in [2.05, 4.69) is 16.9 Å². The fraction of sp³-hybridized carbons (Fsp3) is 0.214. The molecule has 0 saturated carbocycles. The van der Waals surface area contributed by atoms with Crippen LogP contribution in [0.2, 0.25) is 0 Å². The van der Waals surface area contributed by atoms with Crippen LogP contribution in [0.4, 0.5) is 0 Å². The van der Waals surface area contributed by atoms with Crippen molar-refractivity contribution in [2.24, 2.45) is 0 Å². The summed E-state index contributed by atoms with van der Waals surface area (Å²) in [6.45, 7) is 4.05. The summed E-state index contributed by atoms with van der Waals surface area (Å²) in [7, 11) is 1.65. The number of nitrogens with zero attached hydrogens (tertiary/aromatic N) is 1. The van der Waals surface area contributed by atoms with Gasteiger partial charge in [-0.05, 0) is 31.5 Å². The molecule has 1 aliphatic rings. The van der Waals surface area contributed by atoms with Gasteiger partial charge in [0.05, 0.1) is 0 Å². The van der Waals surface area contributed by atoms with Crippen LogP contribution in [0.1, 0.15) is 19.4 Å². The Balaban J connectivity index is 2.15. The van der Waals surface area contributed by atoms with Gasteiger partial charge in [0.2, 0.25) is 5.88 Å². The molecule has 0 bridgehead atoms. The van der Waals surface area contributed by atoms with Crippen molar-refractivity contribution in [2.45, 2.75) is 13.8 Å². The van der Waals surface area contributed by atoms with Crippen LogP contribution in [-0.4, -0.2) is 23.2 Å². The third-order valence-electron chi connectivity index (χ3n) is 2.55. The zero-order chi connectivity index (χ0) is 14.7. The van der Waals surface area contributed by atoms with E-state index in [9.17, 15) is 4.79 Å². The lowest BCUT2D eigenvalue weighted by Gasteiger charge is -2.11. The number of hydrazine groups is 2. The number of hydrogen-bond acceptors (Lipinski definition) is 5. The summed E-state index contributed by atoms with van der Waals surface area (Å²) in [6, 6.07) is 7.41. The molecular weight excluding hydrogens is 258 g/mol. The molecule has 1 aliphatic heterocycles. The highest BCUT2D eigenvalue weighted by molar-refractivity contribution is 5.86. The maximum atomic E-state index is 11.0. The van der Waals surface area contributed by atoms with Crippen LogP contribution < -0.4 is 15.6 Å². The predicted molar refractivity (Wildman–Crippen MR) is 75.1 cm³/mol. The molecule has 0 unspecified atom stereocenters. The number of carboxylic acids is 1. The maximum absolute atomic E-state index is 11.0. The van der Waals surface area contributed by atoms with E-state index in [0.717, 1.165) is 5.56 Å². The zero-order valence-corrected chi connectivity index (χ0v) is 11.6. The predicted octanol–water partition coefficient (Wildman–Crippen LogP) is 1.70. The Bertz CT molecular complexity index is 572. The number of benzene rings is 1. The molecule has 0 aromatic heterocycles. The second kappa shape index (κ2) is 5.66. The van der Waals surface area contributed by atoms with Gasteiger partial charge in [0.15, 0.2) is 5.70 Å². The number of carbonyl (C=O) groups is 1. The van der Waals surface area contributed by atoms with E-state index in [1.807, 2.05) is 26.0 Å². The van der Waals surface area contributed by atoms with Crippen molar-refractivity contribution in [3.8, 4) is 5.75 Å². The molecular formula is C14H17N3O3. The Labute approximate surface area is 117 Å². The standard InChI is InChI=1S/C14H17N3O3/c1-9(2)8-10-4-6-11(7-5-10)20-13-12(14(18)19)15-17(3)16-13/h4-8,15-16H,1-3H3,(H,18,19). The third-order valence-corrected chi connectivity index (χ3v) is 2.55. The van der Waals surface area contributed by atoms with Crippen molar-refractivity contribution in [3.63, 3.8) is 0 Å². The summed E-state index contributed by atoms with van der Waals surface area (Å²) in [6.07, 6.45) is 2.05. The molecule has 106 valence electrons. The van der Waals surface area contributed by atoms with Gasteiger partial charge in [-0.25, -0.2) is 4.79 Å². The molecule has 0 amide bonds. The first-order valence-corrected chi connectivity index (χ1v) is 6.13. The van der Waals surface area contributed by atoms with Crippen molar-refractivity contribution in [1.29, 1.82) is 0 Å². The number of ether oxygens (including phenoxy) is 1. The third kappa shape index (κ3) is 3.30. The average Bonchev–Trinajstić information content (AvgIpc) is 2.72. The number of allylic oxidation sites excluding steroid dienone is 1. The molecule has 0 saturated heterocycles. The van der Waals surface area contributed by atoms with Crippen LogP contribution in [0.15, 0.2) is 41.4 Å². The highest BCUT2D eigenvalue weighted by Gasteiger charge is 2.25. The van der Waals surface area contributed by atoms with Gasteiger partial charge < -0.3 is 9.84 Å². The number of aliphatic carboxylic acids is 1. The first-order chi connectivity index (χ1) is 9.45. The molecule has 0 fully saturated rings. The van der Waals surface area contributed by atoms with E-state index in [1.165, 1.54) is 10.7 Å². The molecule has 0 atom stereocenters. The second-order valence-electron chi connectivity index (χ2n) is 4.68. The van der Waals surface area contributed by atoms with E-state index in [4.69, 9.17) is 9.84 Å². The molecule has 0 radical (unpaired) electrons. The van der Waals surface area contributed by atoms with Crippen LogP contribution in [0.3, 0.4) is 0 Å². The zero-order valence-electron chi connectivity index (χ0n) is 11.6. The summed E-state index contributed by atoms with van der Waals surface area (Å²) >= 11 is 0. The minimum Gasteiger partial charge on any atom is -0.476 e. The van der Waals surface area contributed by atoms with Gasteiger partial charge in [0, 0.05) is 7.05 Å². The van der Waals surface area contributed by atoms with Crippen LogP contribution in [-0.2, 0) is 4.79 Å². The van der Waals surface area contributed by atoms with E-state index in [0.29, 0.717) is 5.75 Å². The maximum Gasteiger partial charge on any atom is 0.359 e. The van der Waals surface area contributed by atoms with Crippen molar-refractivity contribution in [2.75, 3.05) is 7.05 Å². The molecule has 1 heterocycles. The van der Waals surface area contributed by atoms with Gasteiger partial charge >= 0.3 is 5.97 Å². The molecule has 2 rings (SSSR count). The molecule has 3 N–H and O–H groups in total. The average molecular weight is 275 g/mol. The lowest BCUT2D eigenvalue weighted by Crippen LogP contribution is -2.37. The monoisotopic (exact) mass is 275 g/mol. The summed E-state index contributed by atoms with van der Waals surface area (Å²) in [5.41, 5.74) is 7.64. The van der Waals surface area contributed by atoms with Crippen LogP contribution in [0.5, 0.6) is 5.75 Å². The highest BCUT2D eigenvalue weighted by atomic mass is 16.5. The van der Waals surface area contributed by atoms with Crippen LogP contribution in [0, 0.1) is 0 Å². The van der Waals surface area contributed by atoms with Gasteiger partial charge in [0.1, 0.15) is 5.75 Å². The van der Waals surface area contributed by atoms with E-state index in [-0.39, 0.29) is 11.6 Å². The topological polar surface area (TPSA) is 73.8 Å². The normalized spacial score (nSPS) is 14.6. The number of rotatable bonds is 4. The van der Waals surface area contributed by atoms with Gasteiger partial charge in [-0.3, -0.25) is 10.9 Å².